The Bertz CT molecular complexity index is 554. The average Bonchev–Trinajstić information content (AvgIpc) is 2.31. The fraction of sp³-hybridized carbons (Fsp3) is 0.133. The molecule has 2 heteroatoms. The summed E-state index contributed by atoms with van der Waals surface area (Å²) in [6, 6.07) is 13.3. The molecule has 2 aromatic carbocycles. The van der Waals surface area contributed by atoms with Crippen LogP contribution in [0.1, 0.15) is 21.5 Å². The fourth-order valence-corrected chi connectivity index (χ4v) is 1.80. The van der Waals surface area contributed by atoms with Gasteiger partial charge in [-0.2, -0.15) is 0 Å². The van der Waals surface area contributed by atoms with Crippen LogP contribution in [0.4, 0.5) is 0 Å². The summed E-state index contributed by atoms with van der Waals surface area (Å²) in [5.41, 5.74) is 4.63. The number of hydrogen-bond acceptors (Lipinski definition) is 1. The van der Waals surface area contributed by atoms with Crippen molar-refractivity contribution in [1.82, 2.24) is 0 Å². The Morgan fingerprint density at radius 1 is 1.00 bits per heavy atom. The van der Waals surface area contributed by atoms with Crippen LogP contribution in [0.25, 0.3) is 11.1 Å². The van der Waals surface area contributed by atoms with Gasteiger partial charge in [-0.1, -0.05) is 35.9 Å². The first kappa shape index (κ1) is 11.4. The van der Waals surface area contributed by atoms with Crippen LogP contribution in [0, 0.1) is 13.8 Å². The van der Waals surface area contributed by atoms with Crippen molar-refractivity contribution in [2.75, 3.05) is 0 Å². The molecule has 0 unspecified atom stereocenters. The van der Waals surface area contributed by atoms with Crippen LogP contribution in [-0.2, 0) is 0 Å². The van der Waals surface area contributed by atoms with E-state index in [0.717, 1.165) is 16.7 Å². The molecule has 1 N–H and O–H groups in total. The smallest absolute Gasteiger partial charge is 0.335 e. The van der Waals surface area contributed by atoms with Gasteiger partial charge in [0.25, 0.3) is 0 Å². The lowest BCUT2D eigenvalue weighted by molar-refractivity contribution is 0.0697. The van der Waals surface area contributed by atoms with Crippen molar-refractivity contribution in [3.8, 4) is 11.1 Å². The monoisotopic (exact) mass is 226 g/mol. The Hall–Kier alpha value is -2.09. The van der Waals surface area contributed by atoms with Gasteiger partial charge < -0.3 is 5.11 Å². The summed E-state index contributed by atoms with van der Waals surface area (Å²) >= 11 is 0. The van der Waals surface area contributed by atoms with Crippen molar-refractivity contribution in [3.63, 3.8) is 0 Å². The highest BCUT2D eigenvalue weighted by molar-refractivity contribution is 5.89. The molecule has 0 saturated heterocycles. The van der Waals surface area contributed by atoms with Crippen molar-refractivity contribution in [2.45, 2.75) is 13.8 Å². The van der Waals surface area contributed by atoms with Crippen LogP contribution in [-0.4, -0.2) is 11.1 Å². The molecule has 2 nitrogen and oxygen atoms in total. The van der Waals surface area contributed by atoms with E-state index in [9.17, 15) is 4.79 Å². The molecule has 0 aliphatic heterocycles. The maximum atomic E-state index is 10.9. The van der Waals surface area contributed by atoms with Gasteiger partial charge in [-0.3, -0.25) is 0 Å². The molecule has 17 heavy (non-hydrogen) atoms. The van der Waals surface area contributed by atoms with Gasteiger partial charge in [-0.15, -0.1) is 0 Å². The molecule has 86 valence electrons. The molecule has 0 saturated carbocycles. The molecule has 0 bridgehead atoms. The van der Waals surface area contributed by atoms with Gasteiger partial charge in [-0.25, -0.2) is 4.79 Å². The zero-order valence-electron chi connectivity index (χ0n) is 9.90. The van der Waals surface area contributed by atoms with Gasteiger partial charge in [0.15, 0.2) is 0 Å². The predicted molar refractivity (Wildman–Crippen MR) is 68.3 cm³/mol. The molecule has 0 aliphatic carbocycles. The standard InChI is InChI=1S/C15H14O2/c1-10-3-6-12(7-4-10)14-9-13(15(16)17)8-5-11(14)2/h3-9H,1-2H3,(H,16,17). The van der Waals surface area contributed by atoms with E-state index >= 15 is 0 Å². The average molecular weight is 226 g/mol. The molecule has 0 heterocycles. The maximum Gasteiger partial charge on any atom is 0.335 e. The summed E-state index contributed by atoms with van der Waals surface area (Å²) in [7, 11) is 0. The van der Waals surface area contributed by atoms with Crippen LogP contribution >= 0.6 is 0 Å². The Balaban J connectivity index is 2.54. The molecule has 0 spiro atoms. The van der Waals surface area contributed by atoms with E-state index in [1.54, 1.807) is 12.1 Å². The first-order chi connectivity index (χ1) is 8.08. The minimum atomic E-state index is -0.890. The Morgan fingerprint density at radius 3 is 2.24 bits per heavy atom. The lowest BCUT2D eigenvalue weighted by Crippen LogP contribution is -1.97. The van der Waals surface area contributed by atoms with E-state index in [0.29, 0.717) is 5.56 Å². The summed E-state index contributed by atoms with van der Waals surface area (Å²) in [4.78, 5) is 10.9. The zero-order valence-corrected chi connectivity index (χ0v) is 9.90. The Labute approximate surface area is 101 Å². The van der Waals surface area contributed by atoms with Crippen molar-refractivity contribution in [2.24, 2.45) is 0 Å². The lowest BCUT2D eigenvalue weighted by atomic mass is 9.97. The number of carboxylic acid groups (broad SMARTS) is 1. The summed E-state index contributed by atoms with van der Waals surface area (Å²) in [6.45, 7) is 4.02. The van der Waals surface area contributed by atoms with E-state index in [2.05, 4.69) is 0 Å². The highest BCUT2D eigenvalue weighted by atomic mass is 16.4. The maximum absolute atomic E-state index is 10.9. The molecule has 0 aromatic heterocycles. The van der Waals surface area contributed by atoms with Crippen molar-refractivity contribution >= 4 is 5.97 Å². The quantitative estimate of drug-likeness (QED) is 0.848. The molecule has 0 aliphatic rings. The topological polar surface area (TPSA) is 37.3 Å². The largest absolute Gasteiger partial charge is 0.478 e. The van der Waals surface area contributed by atoms with E-state index < -0.39 is 5.97 Å². The molecule has 2 rings (SSSR count). The van der Waals surface area contributed by atoms with Gasteiger partial charge in [0.05, 0.1) is 5.56 Å². The summed E-state index contributed by atoms with van der Waals surface area (Å²) < 4.78 is 0. The van der Waals surface area contributed by atoms with Crippen molar-refractivity contribution in [1.29, 1.82) is 0 Å². The summed E-state index contributed by atoms with van der Waals surface area (Å²) in [5, 5.41) is 8.99. The second kappa shape index (κ2) is 4.42. The molecule has 0 atom stereocenters. The summed E-state index contributed by atoms with van der Waals surface area (Å²) in [6.07, 6.45) is 0. The van der Waals surface area contributed by atoms with Gasteiger partial charge in [-0.05, 0) is 42.7 Å². The van der Waals surface area contributed by atoms with Crippen LogP contribution in [0.15, 0.2) is 42.5 Å². The molecule has 0 amide bonds. The molecular formula is C15H14O2. The van der Waals surface area contributed by atoms with Crippen LogP contribution in [0.2, 0.25) is 0 Å². The van der Waals surface area contributed by atoms with Crippen LogP contribution < -0.4 is 0 Å². The van der Waals surface area contributed by atoms with E-state index in [4.69, 9.17) is 5.11 Å². The highest BCUT2D eigenvalue weighted by Gasteiger charge is 2.07. The second-order valence-corrected chi connectivity index (χ2v) is 4.20. The third kappa shape index (κ3) is 2.36. The first-order valence-electron chi connectivity index (χ1n) is 5.49. The van der Waals surface area contributed by atoms with Gasteiger partial charge in [0.1, 0.15) is 0 Å². The second-order valence-electron chi connectivity index (χ2n) is 4.20. The SMILES string of the molecule is Cc1ccc(-c2cc(C(=O)O)ccc2C)cc1. The minimum absolute atomic E-state index is 0.325. The van der Waals surface area contributed by atoms with E-state index in [1.165, 1.54) is 5.56 Å². The van der Waals surface area contributed by atoms with Gasteiger partial charge >= 0.3 is 5.97 Å². The molecule has 0 fully saturated rings. The van der Waals surface area contributed by atoms with E-state index in [1.807, 2.05) is 44.2 Å². The van der Waals surface area contributed by atoms with Crippen molar-refractivity contribution < 1.29 is 9.90 Å². The third-order valence-electron chi connectivity index (χ3n) is 2.85. The normalized spacial score (nSPS) is 10.2. The predicted octanol–water partition coefficient (Wildman–Crippen LogP) is 3.67. The van der Waals surface area contributed by atoms with Crippen LogP contribution in [0.5, 0.6) is 0 Å². The Morgan fingerprint density at radius 2 is 1.65 bits per heavy atom. The lowest BCUT2D eigenvalue weighted by Gasteiger charge is -2.07. The third-order valence-corrected chi connectivity index (χ3v) is 2.85. The number of aryl methyl sites for hydroxylation is 2. The first-order valence-corrected chi connectivity index (χ1v) is 5.49. The number of carboxylic acids is 1. The highest BCUT2D eigenvalue weighted by Crippen LogP contribution is 2.24. The van der Waals surface area contributed by atoms with Gasteiger partial charge in [0, 0.05) is 0 Å². The number of hydrogen-bond donors (Lipinski definition) is 1. The number of rotatable bonds is 2. The van der Waals surface area contributed by atoms with Crippen molar-refractivity contribution in [3.05, 3.63) is 59.2 Å². The number of carbonyl (C=O) groups is 1. The van der Waals surface area contributed by atoms with Crippen LogP contribution in [0.3, 0.4) is 0 Å². The molecular weight excluding hydrogens is 212 g/mol. The number of benzene rings is 2. The van der Waals surface area contributed by atoms with E-state index in [-0.39, 0.29) is 0 Å². The Kier molecular flexibility index (Phi) is 2.96. The molecule has 0 radical (unpaired) electrons. The van der Waals surface area contributed by atoms with Gasteiger partial charge in [0.2, 0.25) is 0 Å². The minimum Gasteiger partial charge on any atom is -0.478 e. The molecule has 2 aromatic rings. The summed E-state index contributed by atoms with van der Waals surface area (Å²) in [5.74, 6) is -0.890. The zero-order chi connectivity index (χ0) is 12.4. The number of aromatic carboxylic acids is 1. The fourth-order valence-electron chi connectivity index (χ4n) is 1.80.